The Hall–Kier alpha value is -3.19. The lowest BCUT2D eigenvalue weighted by atomic mass is 10.1. The molecule has 0 spiro atoms. The first-order chi connectivity index (χ1) is 13.1. The summed E-state index contributed by atoms with van der Waals surface area (Å²) < 4.78 is 1.65. The van der Waals surface area contributed by atoms with Crippen LogP contribution in [0.15, 0.2) is 60.9 Å². The number of aryl methyl sites for hydroxylation is 2. The number of anilines is 1. The molecule has 1 heterocycles. The van der Waals surface area contributed by atoms with Crippen LogP contribution in [0.2, 0.25) is 0 Å². The molecule has 2 aromatic carbocycles. The number of aromatic nitrogens is 2. The van der Waals surface area contributed by atoms with E-state index >= 15 is 0 Å². The van der Waals surface area contributed by atoms with Crippen molar-refractivity contribution in [3.63, 3.8) is 0 Å². The number of carbonyl (C=O) groups is 1. The molecule has 3 N–H and O–H groups in total. The Labute approximate surface area is 163 Å². The van der Waals surface area contributed by atoms with Gasteiger partial charge in [0, 0.05) is 11.9 Å². The molecule has 138 valence electrons. The van der Waals surface area contributed by atoms with E-state index in [1.165, 1.54) is 6.20 Å². The van der Waals surface area contributed by atoms with Gasteiger partial charge in [-0.1, -0.05) is 43.3 Å². The monoisotopic (exact) mass is 379 g/mol. The van der Waals surface area contributed by atoms with Crippen LogP contribution in [0.1, 0.15) is 28.4 Å². The molecule has 0 saturated carbocycles. The molecule has 1 aromatic heterocycles. The van der Waals surface area contributed by atoms with Crippen LogP contribution in [-0.2, 0) is 6.42 Å². The number of nitrogens with one attached hydrogen (secondary N) is 3. The Bertz CT molecular complexity index is 952. The van der Waals surface area contributed by atoms with Gasteiger partial charge in [0.1, 0.15) is 0 Å². The highest BCUT2D eigenvalue weighted by molar-refractivity contribution is 7.80. The summed E-state index contributed by atoms with van der Waals surface area (Å²) in [5.74, 6) is -0.318. The van der Waals surface area contributed by atoms with E-state index in [1.807, 2.05) is 49.4 Å². The molecule has 0 saturated heterocycles. The third kappa shape index (κ3) is 4.51. The fraction of sp³-hybridized carbons (Fsp3) is 0.150. The molecule has 3 rings (SSSR count). The third-order valence-electron chi connectivity index (χ3n) is 4.13. The minimum absolute atomic E-state index is 0.318. The normalized spacial score (nSPS) is 10.3. The highest BCUT2D eigenvalue weighted by Gasteiger charge is 2.11. The molecule has 0 fully saturated rings. The van der Waals surface area contributed by atoms with Crippen LogP contribution in [0.4, 0.5) is 5.69 Å². The Morgan fingerprint density at radius 3 is 2.63 bits per heavy atom. The van der Waals surface area contributed by atoms with E-state index in [-0.39, 0.29) is 5.91 Å². The molecule has 1 amide bonds. The van der Waals surface area contributed by atoms with Crippen LogP contribution >= 0.6 is 12.2 Å². The predicted octanol–water partition coefficient (Wildman–Crippen LogP) is 3.37. The van der Waals surface area contributed by atoms with Crippen LogP contribution in [-0.4, -0.2) is 20.8 Å². The standard InChI is InChI=1S/C20H21N5OS/c1-3-15-9-7-8-14(2)18(15)22-20(27)24-23-19(26)16-12-21-25(13-16)17-10-5-4-6-11-17/h4-13H,3H2,1-2H3,(H,23,26)(H2,22,24,27). The Kier molecular flexibility index (Phi) is 5.83. The van der Waals surface area contributed by atoms with E-state index in [0.717, 1.165) is 28.9 Å². The SMILES string of the molecule is CCc1cccc(C)c1NC(=S)NNC(=O)c1cnn(-c2ccccc2)c1. The maximum atomic E-state index is 12.3. The number of thiocarbonyl (C=S) groups is 1. The Morgan fingerprint density at radius 1 is 1.11 bits per heavy atom. The van der Waals surface area contributed by atoms with Gasteiger partial charge in [-0.2, -0.15) is 5.10 Å². The van der Waals surface area contributed by atoms with E-state index in [2.05, 4.69) is 34.3 Å². The molecule has 0 aliphatic carbocycles. The molecule has 7 heteroatoms. The number of hydrogen-bond donors (Lipinski definition) is 3. The molecular formula is C20H21N5OS. The molecule has 0 radical (unpaired) electrons. The van der Waals surface area contributed by atoms with Gasteiger partial charge >= 0.3 is 0 Å². The van der Waals surface area contributed by atoms with E-state index in [0.29, 0.717) is 10.7 Å². The number of benzene rings is 2. The van der Waals surface area contributed by atoms with Gasteiger partial charge in [-0.25, -0.2) is 4.68 Å². The number of rotatable bonds is 4. The Morgan fingerprint density at radius 2 is 1.89 bits per heavy atom. The number of amides is 1. The fourth-order valence-corrected chi connectivity index (χ4v) is 2.85. The molecule has 3 aromatic rings. The van der Waals surface area contributed by atoms with Crippen LogP contribution in [0, 0.1) is 6.92 Å². The summed E-state index contributed by atoms with van der Waals surface area (Å²) in [5, 5.41) is 7.69. The van der Waals surface area contributed by atoms with Crippen molar-refractivity contribution in [1.82, 2.24) is 20.6 Å². The predicted molar refractivity (Wildman–Crippen MR) is 111 cm³/mol. The quantitative estimate of drug-likeness (QED) is 0.479. The smallest absolute Gasteiger partial charge is 0.272 e. The van der Waals surface area contributed by atoms with Crippen molar-refractivity contribution in [2.75, 3.05) is 5.32 Å². The van der Waals surface area contributed by atoms with Gasteiger partial charge < -0.3 is 5.32 Å². The number of hydrazine groups is 1. The van der Waals surface area contributed by atoms with Crippen LogP contribution in [0.5, 0.6) is 0 Å². The zero-order valence-electron chi connectivity index (χ0n) is 15.2. The second-order valence-corrected chi connectivity index (χ2v) is 6.41. The Balaban J connectivity index is 1.60. The largest absolute Gasteiger partial charge is 0.331 e. The zero-order valence-corrected chi connectivity index (χ0v) is 16.0. The summed E-state index contributed by atoms with van der Waals surface area (Å²) in [6, 6.07) is 15.7. The second-order valence-electron chi connectivity index (χ2n) is 6.00. The highest BCUT2D eigenvalue weighted by Crippen LogP contribution is 2.20. The zero-order chi connectivity index (χ0) is 19.2. The van der Waals surface area contributed by atoms with Crippen molar-refractivity contribution < 1.29 is 4.79 Å². The van der Waals surface area contributed by atoms with E-state index in [4.69, 9.17) is 12.2 Å². The van der Waals surface area contributed by atoms with Crippen molar-refractivity contribution in [3.05, 3.63) is 77.6 Å². The van der Waals surface area contributed by atoms with Crippen LogP contribution < -0.4 is 16.2 Å². The lowest BCUT2D eigenvalue weighted by Crippen LogP contribution is -2.43. The molecule has 0 aliphatic rings. The second kappa shape index (κ2) is 8.46. The lowest BCUT2D eigenvalue weighted by Gasteiger charge is -2.16. The summed E-state index contributed by atoms with van der Waals surface area (Å²) >= 11 is 5.30. The molecule has 27 heavy (non-hydrogen) atoms. The minimum atomic E-state index is -0.318. The number of hydrogen-bond acceptors (Lipinski definition) is 3. The third-order valence-corrected chi connectivity index (χ3v) is 4.34. The topological polar surface area (TPSA) is 71.0 Å². The summed E-state index contributed by atoms with van der Waals surface area (Å²) in [6.07, 6.45) is 4.06. The molecule has 0 unspecified atom stereocenters. The summed E-state index contributed by atoms with van der Waals surface area (Å²) in [5.41, 5.74) is 9.86. The summed E-state index contributed by atoms with van der Waals surface area (Å²) in [4.78, 5) is 12.3. The molecule has 0 atom stereocenters. The van der Waals surface area contributed by atoms with Gasteiger partial charge in [-0.3, -0.25) is 15.6 Å². The van der Waals surface area contributed by atoms with Crippen molar-refractivity contribution in [3.8, 4) is 5.69 Å². The summed E-state index contributed by atoms with van der Waals surface area (Å²) in [7, 11) is 0. The van der Waals surface area contributed by atoms with E-state index in [1.54, 1.807) is 10.9 Å². The van der Waals surface area contributed by atoms with Crippen molar-refractivity contribution in [1.29, 1.82) is 0 Å². The summed E-state index contributed by atoms with van der Waals surface area (Å²) in [6.45, 7) is 4.10. The maximum absolute atomic E-state index is 12.3. The van der Waals surface area contributed by atoms with Crippen LogP contribution in [0.25, 0.3) is 5.69 Å². The van der Waals surface area contributed by atoms with Gasteiger partial charge in [-0.05, 0) is 48.8 Å². The number of nitrogens with zero attached hydrogens (tertiary/aromatic N) is 2. The highest BCUT2D eigenvalue weighted by atomic mass is 32.1. The maximum Gasteiger partial charge on any atom is 0.272 e. The molecule has 6 nitrogen and oxygen atoms in total. The van der Waals surface area contributed by atoms with E-state index in [9.17, 15) is 4.79 Å². The average Bonchev–Trinajstić information content (AvgIpc) is 3.19. The van der Waals surface area contributed by atoms with Crippen molar-refractivity contribution in [2.24, 2.45) is 0 Å². The van der Waals surface area contributed by atoms with Gasteiger partial charge in [-0.15, -0.1) is 0 Å². The van der Waals surface area contributed by atoms with Crippen LogP contribution in [0.3, 0.4) is 0 Å². The molecule has 0 bridgehead atoms. The minimum Gasteiger partial charge on any atom is -0.331 e. The molecule has 0 aliphatic heterocycles. The fourth-order valence-electron chi connectivity index (χ4n) is 2.69. The van der Waals surface area contributed by atoms with Gasteiger partial charge in [0.25, 0.3) is 5.91 Å². The molecular weight excluding hydrogens is 358 g/mol. The first-order valence-electron chi connectivity index (χ1n) is 8.64. The van der Waals surface area contributed by atoms with Gasteiger partial charge in [0.15, 0.2) is 5.11 Å². The first kappa shape index (κ1) is 18.6. The van der Waals surface area contributed by atoms with Gasteiger partial charge in [0.2, 0.25) is 0 Å². The van der Waals surface area contributed by atoms with Crippen molar-refractivity contribution in [2.45, 2.75) is 20.3 Å². The van der Waals surface area contributed by atoms with Crippen molar-refractivity contribution >= 4 is 28.9 Å². The van der Waals surface area contributed by atoms with Gasteiger partial charge in [0.05, 0.1) is 17.4 Å². The lowest BCUT2D eigenvalue weighted by molar-refractivity contribution is 0.0944. The first-order valence-corrected chi connectivity index (χ1v) is 9.05. The number of para-hydroxylation sites is 2. The van der Waals surface area contributed by atoms with E-state index < -0.39 is 0 Å². The number of carbonyl (C=O) groups excluding carboxylic acids is 1. The average molecular weight is 379 g/mol.